The third-order valence-corrected chi connectivity index (χ3v) is 8.27. The minimum Gasteiger partial charge on any atom is -0.333 e. The van der Waals surface area contributed by atoms with E-state index >= 15 is 4.39 Å². The highest BCUT2D eigenvalue weighted by molar-refractivity contribution is 6.31. The number of pyridine rings is 1. The Labute approximate surface area is 225 Å². The van der Waals surface area contributed by atoms with Crippen molar-refractivity contribution in [3.63, 3.8) is 0 Å². The Kier molecular flexibility index (Phi) is 6.22. The number of rotatable bonds is 6. The Hall–Kier alpha value is -3.51. The molecule has 8 nitrogen and oxygen atoms in total. The molecule has 0 radical (unpaired) electrons. The number of nitrogens with one attached hydrogen (secondary N) is 1. The van der Waals surface area contributed by atoms with Gasteiger partial charge in [-0.1, -0.05) is 17.7 Å². The second-order valence-corrected chi connectivity index (χ2v) is 11.6. The van der Waals surface area contributed by atoms with Crippen molar-refractivity contribution in [2.75, 3.05) is 18.9 Å². The van der Waals surface area contributed by atoms with Crippen molar-refractivity contribution in [2.24, 2.45) is 0 Å². The lowest BCUT2D eigenvalue weighted by molar-refractivity contribution is -0.147. The van der Waals surface area contributed by atoms with Crippen LogP contribution in [-0.4, -0.2) is 63.9 Å². The number of aromatic nitrogens is 1. The number of likely N-dealkylation sites (N-methyl/N-ethyl adjacent to an activating group) is 1. The second kappa shape index (κ2) is 9.05. The van der Waals surface area contributed by atoms with E-state index < -0.39 is 34.5 Å². The molecule has 5 rings (SSSR count). The van der Waals surface area contributed by atoms with Crippen LogP contribution in [0.5, 0.6) is 0 Å². The van der Waals surface area contributed by atoms with Gasteiger partial charge in [0.05, 0.1) is 22.6 Å². The summed E-state index contributed by atoms with van der Waals surface area (Å²) in [5.41, 5.74) is -1.94. The molecule has 1 saturated heterocycles. The van der Waals surface area contributed by atoms with Gasteiger partial charge >= 0.3 is 0 Å². The van der Waals surface area contributed by atoms with E-state index in [1.807, 2.05) is 0 Å². The maximum absolute atomic E-state index is 15.1. The largest absolute Gasteiger partial charge is 0.333 e. The van der Waals surface area contributed by atoms with E-state index in [0.29, 0.717) is 34.8 Å². The Bertz CT molecular complexity index is 1350. The number of nitriles is 1. The third-order valence-electron chi connectivity index (χ3n) is 8.04. The minimum absolute atomic E-state index is 0.0696. The van der Waals surface area contributed by atoms with Gasteiger partial charge in [-0.15, -0.1) is 0 Å². The average Bonchev–Trinajstić information content (AvgIpc) is 3.54. The van der Waals surface area contributed by atoms with Crippen LogP contribution in [0.3, 0.4) is 0 Å². The number of anilines is 1. The van der Waals surface area contributed by atoms with Crippen molar-refractivity contribution >= 4 is 35.0 Å². The van der Waals surface area contributed by atoms with Gasteiger partial charge < -0.3 is 15.1 Å². The van der Waals surface area contributed by atoms with Crippen molar-refractivity contribution in [1.29, 1.82) is 5.26 Å². The quantitative estimate of drug-likeness (QED) is 0.604. The number of hydrogen-bond acceptors (Lipinski definition) is 5. The van der Waals surface area contributed by atoms with Crippen LogP contribution in [0.15, 0.2) is 42.6 Å². The molecular weight excluding hydrogens is 509 g/mol. The Morgan fingerprint density at radius 3 is 2.68 bits per heavy atom. The molecule has 3 aliphatic rings. The molecule has 0 unspecified atom stereocenters. The Morgan fingerprint density at radius 1 is 1.34 bits per heavy atom. The van der Waals surface area contributed by atoms with Gasteiger partial charge in [-0.05, 0) is 62.6 Å². The highest BCUT2D eigenvalue weighted by Gasteiger charge is 2.59. The summed E-state index contributed by atoms with van der Waals surface area (Å²) in [4.78, 5) is 48.1. The van der Waals surface area contributed by atoms with Crippen LogP contribution in [0.25, 0.3) is 0 Å². The molecule has 1 spiro atoms. The van der Waals surface area contributed by atoms with Gasteiger partial charge in [-0.3, -0.25) is 19.4 Å². The fourth-order valence-corrected chi connectivity index (χ4v) is 6.04. The normalized spacial score (nSPS) is 23.9. The van der Waals surface area contributed by atoms with Crippen molar-refractivity contribution in [3.05, 3.63) is 58.9 Å². The minimum atomic E-state index is -1.78. The highest BCUT2D eigenvalue weighted by atomic mass is 35.5. The lowest BCUT2D eigenvalue weighted by atomic mass is 9.80. The fraction of sp³-hybridized carbons (Fsp3) is 0.464. The highest BCUT2D eigenvalue weighted by Crippen LogP contribution is 2.50. The molecule has 198 valence electrons. The van der Waals surface area contributed by atoms with E-state index in [1.54, 1.807) is 42.6 Å². The zero-order chi connectivity index (χ0) is 27.5. The van der Waals surface area contributed by atoms with E-state index in [1.165, 1.54) is 30.7 Å². The van der Waals surface area contributed by atoms with Gasteiger partial charge in [0.15, 0.2) is 0 Å². The molecule has 1 aromatic carbocycles. The number of amides is 3. The number of hydrogen-bond donors (Lipinski definition) is 1. The van der Waals surface area contributed by atoms with E-state index in [0.717, 1.165) is 0 Å². The van der Waals surface area contributed by atoms with Crippen LogP contribution >= 0.6 is 11.6 Å². The number of alkyl halides is 1. The molecular formula is C28H29ClFN5O3. The molecule has 3 atom stereocenters. The molecule has 1 aliphatic carbocycles. The predicted octanol–water partition coefficient (Wildman–Crippen LogP) is 3.75. The summed E-state index contributed by atoms with van der Waals surface area (Å²) < 4.78 is 15.1. The topological polar surface area (TPSA) is 106 Å². The van der Waals surface area contributed by atoms with Crippen LogP contribution < -0.4 is 5.32 Å². The molecule has 1 saturated carbocycles. The number of nitrogens with zero attached hydrogens (tertiary/aromatic N) is 4. The van der Waals surface area contributed by atoms with Crippen LogP contribution in [0.2, 0.25) is 5.02 Å². The number of benzene rings is 1. The van der Waals surface area contributed by atoms with Crippen molar-refractivity contribution in [3.8, 4) is 6.07 Å². The average molecular weight is 538 g/mol. The summed E-state index contributed by atoms with van der Waals surface area (Å²) in [5, 5.41) is 13.3. The summed E-state index contributed by atoms with van der Waals surface area (Å²) in [6, 6.07) is 10.4. The van der Waals surface area contributed by atoms with Gasteiger partial charge in [-0.25, -0.2) is 4.39 Å². The second-order valence-electron chi connectivity index (χ2n) is 11.2. The molecule has 2 aromatic rings. The van der Waals surface area contributed by atoms with Crippen molar-refractivity contribution < 1.29 is 18.8 Å². The molecule has 2 fully saturated rings. The molecule has 3 amide bonds. The van der Waals surface area contributed by atoms with Gasteiger partial charge in [0, 0.05) is 43.3 Å². The Balaban J connectivity index is 1.48. The summed E-state index contributed by atoms with van der Waals surface area (Å²) in [6.45, 7) is 2.64. The molecule has 0 bridgehead atoms. The molecule has 1 N–H and O–H groups in total. The van der Waals surface area contributed by atoms with Gasteiger partial charge in [-0.2, -0.15) is 5.26 Å². The zero-order valence-corrected chi connectivity index (χ0v) is 22.3. The number of carbonyl (C=O) groups excluding carboxylic acids is 3. The zero-order valence-electron chi connectivity index (χ0n) is 21.5. The first-order chi connectivity index (χ1) is 17.9. The monoisotopic (exact) mass is 537 g/mol. The van der Waals surface area contributed by atoms with Crippen LogP contribution in [0.4, 0.5) is 10.1 Å². The smallest absolute Gasteiger partial charge is 0.246 e. The molecule has 2 aliphatic heterocycles. The standard InChI is InChI=1S/C28H29ClFN5O3/c1-26(2,30)14-21(34(3)25(38)27(9-10-27)22-6-4-5-11-32-22)23(36)35-16-28(13-18(35)15-31)19-12-17(29)7-8-20(19)33-24(28)37/h4-8,11-12,18,21H,9-10,13-14,16H2,1-3H3,(H,33,37)/t18-,21-,28-/m0/s1. The lowest BCUT2D eigenvalue weighted by Crippen LogP contribution is -2.55. The van der Waals surface area contributed by atoms with Gasteiger partial charge in [0.1, 0.15) is 17.8 Å². The number of likely N-dealkylation sites (tertiary alicyclic amines) is 1. The molecule has 3 heterocycles. The van der Waals surface area contributed by atoms with Gasteiger partial charge in [0.2, 0.25) is 17.7 Å². The Morgan fingerprint density at radius 2 is 2.08 bits per heavy atom. The third kappa shape index (κ3) is 4.21. The summed E-state index contributed by atoms with van der Waals surface area (Å²) >= 11 is 6.22. The molecule has 1 aromatic heterocycles. The predicted molar refractivity (Wildman–Crippen MR) is 139 cm³/mol. The number of halogens is 2. The van der Waals surface area contributed by atoms with Gasteiger partial charge in [0.25, 0.3) is 0 Å². The number of fused-ring (bicyclic) bond motifs is 2. The summed E-state index contributed by atoms with van der Waals surface area (Å²) in [5.74, 6) is -1.18. The lowest BCUT2D eigenvalue weighted by Gasteiger charge is -2.36. The first-order valence-corrected chi connectivity index (χ1v) is 13.0. The maximum Gasteiger partial charge on any atom is 0.246 e. The maximum atomic E-state index is 15.1. The van der Waals surface area contributed by atoms with Crippen LogP contribution in [0.1, 0.15) is 50.8 Å². The fourth-order valence-electron chi connectivity index (χ4n) is 5.87. The van der Waals surface area contributed by atoms with E-state index in [2.05, 4.69) is 16.4 Å². The van der Waals surface area contributed by atoms with E-state index in [-0.39, 0.29) is 31.2 Å². The molecule has 38 heavy (non-hydrogen) atoms. The van der Waals surface area contributed by atoms with Crippen molar-refractivity contribution in [1.82, 2.24) is 14.8 Å². The summed E-state index contributed by atoms with van der Waals surface area (Å²) in [7, 11) is 1.50. The first kappa shape index (κ1) is 26.1. The molecule has 10 heteroatoms. The number of carbonyl (C=O) groups is 3. The van der Waals surface area contributed by atoms with Crippen LogP contribution in [0, 0.1) is 11.3 Å². The SMILES string of the molecule is CN(C(=O)C1(c2ccccn2)CC1)[C@@H](CC(C)(C)F)C(=O)N1C[C@]2(C[C@H]1C#N)C(=O)Nc1ccc(Cl)cc12. The van der Waals surface area contributed by atoms with Crippen LogP contribution in [-0.2, 0) is 25.2 Å². The van der Waals surface area contributed by atoms with E-state index in [9.17, 15) is 19.6 Å². The van der Waals surface area contributed by atoms with E-state index in [4.69, 9.17) is 11.6 Å². The first-order valence-electron chi connectivity index (χ1n) is 12.6. The van der Waals surface area contributed by atoms with Crippen molar-refractivity contribution in [2.45, 2.75) is 68.1 Å². The summed E-state index contributed by atoms with van der Waals surface area (Å²) in [6.07, 6.45) is 2.60.